The smallest absolute Gasteiger partial charge is 0.290 e. The van der Waals surface area contributed by atoms with Gasteiger partial charge in [-0.1, -0.05) is 12.1 Å². The van der Waals surface area contributed by atoms with Crippen molar-refractivity contribution in [2.24, 2.45) is 0 Å². The number of nitrogens with zero attached hydrogens (tertiary/aromatic N) is 3. The number of amides is 1. The van der Waals surface area contributed by atoms with Crippen LogP contribution >= 0.6 is 11.8 Å². The second-order valence-electron chi connectivity index (χ2n) is 6.61. The number of carbonyl (C=O) groups excluding carboxylic acids is 1. The van der Waals surface area contributed by atoms with E-state index in [9.17, 15) is 13.6 Å². The largest absolute Gasteiger partial charge is 0.372 e. The normalized spacial score (nSPS) is 14.4. The summed E-state index contributed by atoms with van der Waals surface area (Å²) in [4.78, 5) is 20.5. The number of carbonyl (C=O) groups is 1. The minimum Gasteiger partial charge on any atom is -0.372 e. The van der Waals surface area contributed by atoms with E-state index in [4.69, 9.17) is 0 Å². The Hall–Kier alpha value is -2.15. The Balaban J connectivity index is 1.66. The lowest BCUT2D eigenvalue weighted by Crippen LogP contribution is -2.29. The Morgan fingerprint density at radius 1 is 1.19 bits per heavy atom. The van der Waals surface area contributed by atoms with Gasteiger partial charge in [0.25, 0.3) is 11.7 Å². The number of aromatic nitrogens is 1. The molecule has 2 aromatic rings. The molecular weight excluding hydrogens is 368 g/mol. The van der Waals surface area contributed by atoms with E-state index in [1.54, 1.807) is 13.1 Å². The van der Waals surface area contributed by atoms with Gasteiger partial charge in [0.15, 0.2) is 0 Å². The van der Waals surface area contributed by atoms with E-state index in [2.05, 4.69) is 22.0 Å². The highest BCUT2D eigenvalue weighted by atomic mass is 32.2. The van der Waals surface area contributed by atoms with E-state index in [0.717, 1.165) is 18.7 Å². The topological polar surface area (TPSA) is 36.4 Å². The second kappa shape index (κ2) is 9.17. The molecule has 1 saturated heterocycles. The molecule has 144 valence electrons. The molecule has 0 radical (unpaired) electrons. The van der Waals surface area contributed by atoms with Crippen molar-refractivity contribution < 1.29 is 13.6 Å². The second-order valence-corrected chi connectivity index (χ2v) is 7.59. The number of anilines is 1. The van der Waals surface area contributed by atoms with Crippen LogP contribution in [0.4, 0.5) is 14.5 Å². The molecule has 0 saturated carbocycles. The van der Waals surface area contributed by atoms with Crippen LogP contribution in [-0.2, 0) is 6.54 Å². The highest BCUT2D eigenvalue weighted by Gasteiger charge is 2.20. The number of pyridine rings is 1. The summed E-state index contributed by atoms with van der Waals surface area (Å²) >= 11 is 0.297. The average molecular weight is 391 g/mol. The standard InChI is InChI=1S/C20H23F2N3OS/c1-24(19(26)17-6-5-11-23-18(17)27-20(21)22)14-15-7-9-16(10-8-15)25-12-3-2-4-13-25/h5-11,20H,2-4,12-14H2,1H3. The van der Waals surface area contributed by atoms with Gasteiger partial charge in [0.05, 0.1) is 5.56 Å². The molecule has 1 aromatic heterocycles. The maximum Gasteiger partial charge on any atom is 0.290 e. The van der Waals surface area contributed by atoms with Crippen LogP contribution < -0.4 is 4.90 Å². The molecule has 0 bridgehead atoms. The first-order valence-corrected chi connectivity index (χ1v) is 9.92. The van der Waals surface area contributed by atoms with E-state index in [1.807, 2.05) is 12.1 Å². The fraction of sp³-hybridized carbons (Fsp3) is 0.400. The molecule has 0 spiro atoms. The first-order chi connectivity index (χ1) is 13.0. The number of halogens is 2. The lowest BCUT2D eigenvalue weighted by atomic mass is 10.1. The third-order valence-corrected chi connectivity index (χ3v) is 5.35. The summed E-state index contributed by atoms with van der Waals surface area (Å²) in [6.45, 7) is 2.58. The summed E-state index contributed by atoms with van der Waals surface area (Å²) in [6, 6.07) is 11.3. The molecule has 0 N–H and O–H groups in total. The molecule has 0 unspecified atom stereocenters. The van der Waals surface area contributed by atoms with Gasteiger partial charge in [-0.25, -0.2) is 4.98 Å². The maximum absolute atomic E-state index is 12.7. The average Bonchev–Trinajstić information content (AvgIpc) is 2.68. The SMILES string of the molecule is CN(Cc1ccc(N2CCCCC2)cc1)C(=O)c1cccnc1SC(F)F. The van der Waals surface area contributed by atoms with E-state index in [0.29, 0.717) is 18.3 Å². The van der Waals surface area contributed by atoms with Crippen LogP contribution in [0.1, 0.15) is 35.2 Å². The third kappa shape index (κ3) is 5.19. The van der Waals surface area contributed by atoms with Crippen molar-refractivity contribution in [2.75, 3.05) is 25.0 Å². The van der Waals surface area contributed by atoms with Gasteiger partial charge in [0, 0.05) is 38.6 Å². The predicted octanol–water partition coefficient (Wildman–Crippen LogP) is 4.66. The highest BCUT2D eigenvalue weighted by molar-refractivity contribution is 7.99. The number of thioether (sulfide) groups is 1. The fourth-order valence-corrected chi connectivity index (χ4v) is 3.82. The molecule has 1 amide bonds. The minimum atomic E-state index is -2.61. The van der Waals surface area contributed by atoms with E-state index in [1.165, 1.54) is 42.1 Å². The number of piperidine rings is 1. The molecule has 2 heterocycles. The summed E-state index contributed by atoms with van der Waals surface area (Å²) in [5.74, 6) is -2.93. The Morgan fingerprint density at radius 2 is 1.89 bits per heavy atom. The van der Waals surface area contributed by atoms with Gasteiger partial charge in [-0.3, -0.25) is 4.79 Å². The Kier molecular flexibility index (Phi) is 6.66. The van der Waals surface area contributed by atoms with Gasteiger partial charge in [-0.05, 0) is 60.9 Å². The molecule has 1 aliphatic rings. The van der Waals surface area contributed by atoms with Crippen molar-refractivity contribution in [2.45, 2.75) is 36.6 Å². The lowest BCUT2D eigenvalue weighted by Gasteiger charge is -2.29. The molecule has 27 heavy (non-hydrogen) atoms. The van der Waals surface area contributed by atoms with Crippen LogP contribution in [0.5, 0.6) is 0 Å². The van der Waals surface area contributed by atoms with Gasteiger partial charge < -0.3 is 9.80 Å². The minimum absolute atomic E-state index is 0.0600. The van der Waals surface area contributed by atoms with Gasteiger partial charge in [0.2, 0.25) is 0 Å². The zero-order valence-electron chi connectivity index (χ0n) is 15.3. The van der Waals surface area contributed by atoms with Gasteiger partial charge in [-0.15, -0.1) is 0 Å². The summed E-state index contributed by atoms with van der Waals surface area (Å²) < 4.78 is 25.4. The van der Waals surface area contributed by atoms with Crippen LogP contribution in [-0.4, -0.2) is 41.7 Å². The molecular formula is C20H23F2N3OS. The molecule has 4 nitrogen and oxygen atoms in total. The Morgan fingerprint density at radius 3 is 2.56 bits per heavy atom. The quantitative estimate of drug-likeness (QED) is 0.671. The number of benzene rings is 1. The zero-order chi connectivity index (χ0) is 19.2. The van der Waals surface area contributed by atoms with E-state index in [-0.39, 0.29) is 16.5 Å². The van der Waals surface area contributed by atoms with Crippen LogP contribution in [0.2, 0.25) is 0 Å². The Labute approximate surface area is 162 Å². The van der Waals surface area contributed by atoms with Gasteiger partial charge in [-0.2, -0.15) is 8.78 Å². The number of hydrogen-bond donors (Lipinski definition) is 0. The molecule has 1 aliphatic heterocycles. The van der Waals surface area contributed by atoms with Crippen LogP contribution in [0, 0.1) is 0 Å². The summed E-state index contributed by atoms with van der Waals surface area (Å²) in [6.07, 6.45) is 5.16. The monoisotopic (exact) mass is 391 g/mol. The Bertz CT molecular complexity index is 764. The van der Waals surface area contributed by atoms with Crippen molar-refractivity contribution in [3.8, 4) is 0 Å². The fourth-order valence-electron chi connectivity index (χ4n) is 3.25. The number of alkyl halides is 2. The van der Waals surface area contributed by atoms with E-state index < -0.39 is 5.76 Å². The van der Waals surface area contributed by atoms with Crippen molar-refractivity contribution >= 4 is 23.4 Å². The number of rotatable bonds is 6. The van der Waals surface area contributed by atoms with Crippen molar-refractivity contribution in [3.05, 3.63) is 53.7 Å². The maximum atomic E-state index is 12.7. The molecule has 3 rings (SSSR count). The zero-order valence-corrected chi connectivity index (χ0v) is 16.1. The summed E-state index contributed by atoms with van der Waals surface area (Å²) in [7, 11) is 1.67. The first-order valence-electron chi connectivity index (χ1n) is 9.04. The molecule has 1 fully saturated rings. The molecule has 0 atom stereocenters. The number of hydrogen-bond acceptors (Lipinski definition) is 4. The van der Waals surface area contributed by atoms with Crippen molar-refractivity contribution in [3.63, 3.8) is 0 Å². The summed E-state index contributed by atoms with van der Waals surface area (Å²) in [5.41, 5.74) is 2.41. The van der Waals surface area contributed by atoms with E-state index >= 15 is 0 Å². The molecule has 1 aromatic carbocycles. The van der Waals surface area contributed by atoms with Crippen LogP contribution in [0.25, 0.3) is 0 Å². The van der Waals surface area contributed by atoms with Gasteiger partial charge in [0.1, 0.15) is 5.03 Å². The first kappa shape index (κ1) is 19.6. The molecule has 7 heteroatoms. The van der Waals surface area contributed by atoms with Crippen molar-refractivity contribution in [1.82, 2.24) is 9.88 Å². The van der Waals surface area contributed by atoms with Gasteiger partial charge >= 0.3 is 0 Å². The predicted molar refractivity (Wildman–Crippen MR) is 104 cm³/mol. The highest BCUT2D eigenvalue weighted by Crippen LogP contribution is 2.27. The van der Waals surface area contributed by atoms with Crippen LogP contribution in [0.15, 0.2) is 47.6 Å². The molecule has 0 aliphatic carbocycles. The third-order valence-electron chi connectivity index (χ3n) is 4.63. The van der Waals surface area contributed by atoms with Crippen LogP contribution in [0.3, 0.4) is 0 Å². The van der Waals surface area contributed by atoms with Crippen molar-refractivity contribution in [1.29, 1.82) is 0 Å². The summed E-state index contributed by atoms with van der Waals surface area (Å²) in [5, 5.41) is 0.0600. The lowest BCUT2D eigenvalue weighted by molar-refractivity contribution is 0.0781.